The summed E-state index contributed by atoms with van der Waals surface area (Å²) in [5.74, 6) is -0.173. The molecule has 0 atom stereocenters. The maximum absolute atomic E-state index is 13.3. The molecule has 2 nitrogen and oxygen atoms in total. The van der Waals surface area contributed by atoms with Gasteiger partial charge < -0.3 is 10.2 Å². The fourth-order valence-corrected chi connectivity index (χ4v) is 4.62. The first kappa shape index (κ1) is 20.0. The predicted octanol–water partition coefficient (Wildman–Crippen LogP) is 6.90. The van der Waals surface area contributed by atoms with Crippen LogP contribution < -0.4 is 10.2 Å². The van der Waals surface area contributed by atoms with Crippen molar-refractivity contribution in [3.05, 3.63) is 70.7 Å². The van der Waals surface area contributed by atoms with Crippen molar-refractivity contribution >= 4 is 11.4 Å². The molecule has 0 aromatic heterocycles. The Bertz CT molecular complexity index is 909. The molecule has 1 N–H and O–H groups in total. The van der Waals surface area contributed by atoms with Crippen LogP contribution in [0.4, 0.5) is 15.8 Å². The third-order valence-electron chi connectivity index (χ3n) is 6.66. The fourth-order valence-electron chi connectivity index (χ4n) is 4.62. The lowest BCUT2D eigenvalue weighted by molar-refractivity contribution is 0.569. The van der Waals surface area contributed by atoms with E-state index in [1.54, 1.807) is 12.1 Å². The molecule has 4 rings (SSSR count). The number of benzene rings is 2. The molecule has 1 fully saturated rings. The number of rotatable bonds is 6. The van der Waals surface area contributed by atoms with Gasteiger partial charge in [0, 0.05) is 30.2 Å². The molecule has 29 heavy (non-hydrogen) atoms. The maximum atomic E-state index is 13.3. The number of nitrogens with zero attached hydrogens (tertiary/aromatic N) is 1. The standard InChI is InChI=1S/C26H33FN2/c1-18-15-24-23(20(3)25(18)28-19(2)16-26(4)12-13-26)7-5-6-14-29(24)17-21-8-10-22(27)11-9-21/h8-11,15,28H,2,5-7,12-14,16-17H2,1,3-4H3. The number of fused-ring (bicyclic) bond motifs is 1. The molecule has 154 valence electrons. The molecule has 3 heteroatoms. The highest BCUT2D eigenvalue weighted by Crippen LogP contribution is 2.50. The molecule has 0 radical (unpaired) electrons. The Hall–Kier alpha value is -2.29. The van der Waals surface area contributed by atoms with E-state index in [1.165, 1.54) is 53.7 Å². The number of nitrogens with one attached hydrogen (secondary N) is 1. The van der Waals surface area contributed by atoms with Crippen LogP contribution in [0.1, 0.15) is 61.3 Å². The zero-order chi connectivity index (χ0) is 20.6. The highest BCUT2D eigenvalue weighted by Gasteiger charge is 2.37. The van der Waals surface area contributed by atoms with Crippen LogP contribution in [0.2, 0.25) is 0 Å². The van der Waals surface area contributed by atoms with Gasteiger partial charge in [-0.05, 0) is 98.2 Å². The Morgan fingerprint density at radius 2 is 1.90 bits per heavy atom. The number of hydrogen-bond acceptors (Lipinski definition) is 2. The van der Waals surface area contributed by atoms with Gasteiger partial charge in [-0.2, -0.15) is 0 Å². The summed E-state index contributed by atoms with van der Waals surface area (Å²) in [6.07, 6.45) is 7.18. The maximum Gasteiger partial charge on any atom is 0.123 e. The summed E-state index contributed by atoms with van der Waals surface area (Å²) in [5.41, 5.74) is 9.40. The predicted molar refractivity (Wildman–Crippen MR) is 121 cm³/mol. The van der Waals surface area contributed by atoms with Crippen molar-refractivity contribution in [1.29, 1.82) is 0 Å². The van der Waals surface area contributed by atoms with Crippen LogP contribution in [0.3, 0.4) is 0 Å². The monoisotopic (exact) mass is 392 g/mol. The van der Waals surface area contributed by atoms with E-state index in [0.717, 1.165) is 37.2 Å². The molecule has 1 aliphatic heterocycles. The second-order valence-corrected chi connectivity index (χ2v) is 9.41. The molecule has 0 unspecified atom stereocenters. The van der Waals surface area contributed by atoms with Crippen LogP contribution in [0.25, 0.3) is 0 Å². The first-order valence-corrected chi connectivity index (χ1v) is 10.9. The zero-order valence-electron chi connectivity index (χ0n) is 18.1. The second-order valence-electron chi connectivity index (χ2n) is 9.41. The van der Waals surface area contributed by atoms with Crippen molar-refractivity contribution in [2.24, 2.45) is 5.41 Å². The number of hydrogen-bond donors (Lipinski definition) is 1. The van der Waals surface area contributed by atoms with Crippen LogP contribution >= 0.6 is 0 Å². The zero-order valence-corrected chi connectivity index (χ0v) is 18.1. The van der Waals surface area contributed by atoms with Crippen molar-refractivity contribution in [2.45, 2.75) is 65.8 Å². The summed E-state index contributed by atoms with van der Waals surface area (Å²) in [7, 11) is 0. The summed E-state index contributed by atoms with van der Waals surface area (Å²) < 4.78 is 13.3. The molecule has 1 aliphatic carbocycles. The van der Waals surface area contributed by atoms with Gasteiger partial charge in [0.1, 0.15) is 5.82 Å². The van der Waals surface area contributed by atoms with E-state index in [0.29, 0.717) is 5.41 Å². The van der Waals surface area contributed by atoms with Crippen LogP contribution in [-0.2, 0) is 13.0 Å². The van der Waals surface area contributed by atoms with Crippen LogP contribution in [0, 0.1) is 25.1 Å². The Kier molecular flexibility index (Phi) is 5.42. The van der Waals surface area contributed by atoms with Crippen molar-refractivity contribution in [2.75, 3.05) is 16.8 Å². The van der Waals surface area contributed by atoms with Gasteiger partial charge in [-0.25, -0.2) is 4.39 Å². The second kappa shape index (κ2) is 7.85. The fraction of sp³-hybridized carbons (Fsp3) is 0.462. The number of halogens is 1. The Morgan fingerprint density at radius 3 is 2.59 bits per heavy atom. The summed E-state index contributed by atoms with van der Waals surface area (Å²) in [6, 6.07) is 9.26. The van der Waals surface area contributed by atoms with Crippen LogP contribution in [0.5, 0.6) is 0 Å². The summed E-state index contributed by atoms with van der Waals surface area (Å²) in [4.78, 5) is 2.47. The lowest BCUT2D eigenvalue weighted by Gasteiger charge is -2.28. The number of allylic oxidation sites excluding steroid dienone is 1. The summed E-state index contributed by atoms with van der Waals surface area (Å²) in [5, 5.41) is 3.66. The Morgan fingerprint density at radius 1 is 1.17 bits per heavy atom. The highest BCUT2D eigenvalue weighted by molar-refractivity contribution is 5.71. The molecule has 0 spiro atoms. The smallest absolute Gasteiger partial charge is 0.123 e. The SMILES string of the molecule is C=C(CC1(C)CC1)Nc1c(C)cc2c(c1C)CCCCN2Cc1ccc(F)cc1. The van der Waals surface area contributed by atoms with Crippen LogP contribution in [0.15, 0.2) is 42.6 Å². The van der Waals surface area contributed by atoms with Crippen molar-refractivity contribution < 1.29 is 4.39 Å². The molecule has 0 saturated heterocycles. The topological polar surface area (TPSA) is 15.3 Å². The number of aryl methyl sites for hydroxylation is 1. The van der Waals surface area contributed by atoms with Gasteiger partial charge >= 0.3 is 0 Å². The minimum atomic E-state index is -0.173. The molecule has 1 saturated carbocycles. The quantitative estimate of drug-likeness (QED) is 0.575. The molecule has 0 amide bonds. The third kappa shape index (κ3) is 4.49. The number of anilines is 2. The molecule has 2 aromatic rings. The molecule has 2 aliphatic rings. The third-order valence-corrected chi connectivity index (χ3v) is 6.66. The van der Waals surface area contributed by atoms with E-state index in [2.05, 4.69) is 43.6 Å². The van der Waals surface area contributed by atoms with E-state index < -0.39 is 0 Å². The Labute approximate surface area is 174 Å². The van der Waals surface area contributed by atoms with Crippen molar-refractivity contribution in [3.8, 4) is 0 Å². The summed E-state index contributed by atoms with van der Waals surface area (Å²) >= 11 is 0. The average Bonchev–Trinajstić information content (AvgIpc) is 3.43. The van der Waals surface area contributed by atoms with E-state index in [9.17, 15) is 4.39 Å². The van der Waals surface area contributed by atoms with E-state index >= 15 is 0 Å². The first-order chi connectivity index (χ1) is 13.8. The lowest BCUT2D eigenvalue weighted by Crippen LogP contribution is -2.24. The normalized spacial score (nSPS) is 17.4. The van der Waals surface area contributed by atoms with Crippen LogP contribution in [-0.4, -0.2) is 6.54 Å². The minimum absolute atomic E-state index is 0.173. The van der Waals surface area contributed by atoms with E-state index in [4.69, 9.17) is 0 Å². The summed E-state index contributed by atoms with van der Waals surface area (Å²) in [6.45, 7) is 13.0. The van der Waals surface area contributed by atoms with Gasteiger partial charge in [0.2, 0.25) is 0 Å². The first-order valence-electron chi connectivity index (χ1n) is 10.9. The molecular weight excluding hydrogens is 359 g/mol. The van der Waals surface area contributed by atoms with Crippen molar-refractivity contribution in [3.63, 3.8) is 0 Å². The largest absolute Gasteiger partial charge is 0.367 e. The van der Waals surface area contributed by atoms with E-state index in [-0.39, 0.29) is 5.82 Å². The van der Waals surface area contributed by atoms with Gasteiger partial charge in [-0.1, -0.05) is 25.6 Å². The lowest BCUT2D eigenvalue weighted by atomic mass is 9.95. The minimum Gasteiger partial charge on any atom is -0.367 e. The van der Waals surface area contributed by atoms with Gasteiger partial charge in [-0.15, -0.1) is 0 Å². The van der Waals surface area contributed by atoms with Gasteiger partial charge in [0.25, 0.3) is 0 Å². The van der Waals surface area contributed by atoms with Crippen molar-refractivity contribution in [1.82, 2.24) is 0 Å². The molecule has 0 bridgehead atoms. The average molecular weight is 393 g/mol. The highest BCUT2D eigenvalue weighted by atomic mass is 19.1. The van der Waals surface area contributed by atoms with Gasteiger partial charge in [-0.3, -0.25) is 0 Å². The van der Waals surface area contributed by atoms with Gasteiger partial charge in [0.15, 0.2) is 0 Å². The molecule has 2 aromatic carbocycles. The van der Waals surface area contributed by atoms with Gasteiger partial charge in [0.05, 0.1) is 0 Å². The molecular formula is C26H33FN2. The molecule has 1 heterocycles. The van der Waals surface area contributed by atoms with E-state index in [1.807, 2.05) is 12.1 Å². The Balaban J connectivity index is 1.61.